The van der Waals surface area contributed by atoms with Gasteiger partial charge in [0, 0.05) is 24.4 Å². The van der Waals surface area contributed by atoms with Crippen LogP contribution in [0.1, 0.15) is 48.1 Å². The Bertz CT molecular complexity index is 581. The van der Waals surface area contributed by atoms with Crippen LogP contribution in [0.15, 0.2) is 11.4 Å². The molecule has 1 aliphatic heterocycles. The van der Waals surface area contributed by atoms with E-state index in [0.29, 0.717) is 12.5 Å². The van der Waals surface area contributed by atoms with Crippen molar-refractivity contribution in [1.82, 2.24) is 4.31 Å². The van der Waals surface area contributed by atoms with Gasteiger partial charge in [0.05, 0.1) is 18.5 Å². The monoisotopic (exact) mass is 315 g/mol. The summed E-state index contributed by atoms with van der Waals surface area (Å²) in [5, 5.41) is 2.11. The zero-order chi connectivity index (χ0) is 14.3. The summed E-state index contributed by atoms with van der Waals surface area (Å²) in [6, 6.07) is 2.10. The highest BCUT2D eigenvalue weighted by atomic mass is 32.2. The number of ether oxygens (including phenoxy) is 1. The van der Waals surface area contributed by atoms with E-state index in [1.807, 2.05) is 0 Å². The second-order valence-corrected chi connectivity index (χ2v) is 8.87. The fourth-order valence-corrected chi connectivity index (χ4v) is 4.80. The Balaban J connectivity index is 1.86. The molecule has 1 aromatic rings. The molecule has 20 heavy (non-hydrogen) atoms. The first-order valence-corrected chi connectivity index (χ1v) is 9.83. The van der Waals surface area contributed by atoms with Gasteiger partial charge in [-0.15, -0.1) is 11.3 Å². The third-order valence-corrected chi connectivity index (χ3v) is 6.79. The SMILES string of the molecule is CN(C[C@@H]1O[C@@H]2CCCC[C@H]2c2sccc21)S(C)(=O)=O. The lowest BCUT2D eigenvalue weighted by molar-refractivity contribution is -0.0600. The Kier molecular flexibility index (Phi) is 3.92. The summed E-state index contributed by atoms with van der Waals surface area (Å²) in [4.78, 5) is 1.42. The Labute approximate surface area is 124 Å². The third kappa shape index (κ3) is 2.66. The minimum atomic E-state index is -3.16. The van der Waals surface area contributed by atoms with Gasteiger partial charge in [0.1, 0.15) is 0 Å². The van der Waals surface area contributed by atoms with Crippen molar-refractivity contribution >= 4 is 21.4 Å². The number of sulfonamides is 1. The van der Waals surface area contributed by atoms with E-state index in [-0.39, 0.29) is 12.2 Å². The smallest absolute Gasteiger partial charge is 0.211 e. The number of rotatable bonds is 3. The molecule has 0 spiro atoms. The van der Waals surface area contributed by atoms with Crippen molar-refractivity contribution in [3.8, 4) is 0 Å². The van der Waals surface area contributed by atoms with Gasteiger partial charge < -0.3 is 4.74 Å². The number of thiophene rings is 1. The number of hydrogen-bond acceptors (Lipinski definition) is 4. The van der Waals surface area contributed by atoms with E-state index in [2.05, 4.69) is 11.4 Å². The van der Waals surface area contributed by atoms with Crippen LogP contribution in [0.5, 0.6) is 0 Å². The second-order valence-electron chi connectivity index (χ2n) is 5.84. The summed E-state index contributed by atoms with van der Waals surface area (Å²) >= 11 is 1.80. The first-order valence-electron chi connectivity index (χ1n) is 7.11. The van der Waals surface area contributed by atoms with Crippen LogP contribution in [0.3, 0.4) is 0 Å². The minimum absolute atomic E-state index is 0.115. The van der Waals surface area contributed by atoms with Crippen molar-refractivity contribution in [2.45, 2.75) is 43.8 Å². The minimum Gasteiger partial charge on any atom is -0.368 e. The molecule has 4 nitrogen and oxygen atoms in total. The van der Waals surface area contributed by atoms with Gasteiger partial charge >= 0.3 is 0 Å². The van der Waals surface area contributed by atoms with Crippen LogP contribution in [0.2, 0.25) is 0 Å². The molecule has 3 rings (SSSR count). The average Bonchev–Trinajstić information content (AvgIpc) is 2.87. The van der Waals surface area contributed by atoms with Gasteiger partial charge in [0.2, 0.25) is 10.0 Å². The van der Waals surface area contributed by atoms with Gasteiger partial charge in [-0.05, 0) is 29.9 Å². The molecule has 0 aromatic carbocycles. The van der Waals surface area contributed by atoms with E-state index in [1.165, 1.54) is 40.3 Å². The Morgan fingerprint density at radius 3 is 2.90 bits per heavy atom. The van der Waals surface area contributed by atoms with Crippen molar-refractivity contribution in [3.63, 3.8) is 0 Å². The van der Waals surface area contributed by atoms with E-state index in [9.17, 15) is 8.42 Å². The molecule has 0 N–H and O–H groups in total. The quantitative estimate of drug-likeness (QED) is 0.861. The summed E-state index contributed by atoms with van der Waals surface area (Å²) in [6.45, 7) is 0.409. The highest BCUT2D eigenvalue weighted by Gasteiger charge is 2.38. The van der Waals surface area contributed by atoms with Crippen LogP contribution in [0.4, 0.5) is 0 Å². The molecule has 3 atom stereocenters. The van der Waals surface area contributed by atoms with Gasteiger partial charge in [-0.25, -0.2) is 12.7 Å². The van der Waals surface area contributed by atoms with Gasteiger partial charge in [0.15, 0.2) is 0 Å². The molecule has 1 aliphatic carbocycles. The van der Waals surface area contributed by atoms with Crippen molar-refractivity contribution in [3.05, 3.63) is 21.9 Å². The predicted molar refractivity (Wildman–Crippen MR) is 80.6 cm³/mol. The van der Waals surface area contributed by atoms with E-state index in [4.69, 9.17) is 4.74 Å². The zero-order valence-electron chi connectivity index (χ0n) is 11.9. The molecular weight excluding hydrogens is 294 g/mol. The summed E-state index contributed by atoms with van der Waals surface area (Å²) in [5.41, 5.74) is 1.20. The fraction of sp³-hybridized carbons (Fsp3) is 0.714. The van der Waals surface area contributed by atoms with E-state index in [0.717, 1.165) is 6.42 Å². The maximum absolute atomic E-state index is 11.6. The third-order valence-electron chi connectivity index (χ3n) is 4.44. The van der Waals surface area contributed by atoms with Gasteiger partial charge in [-0.1, -0.05) is 12.8 Å². The average molecular weight is 315 g/mol. The summed E-state index contributed by atoms with van der Waals surface area (Å²) < 4.78 is 30.9. The van der Waals surface area contributed by atoms with Gasteiger partial charge in [-0.3, -0.25) is 0 Å². The molecule has 1 fully saturated rings. The van der Waals surface area contributed by atoms with Crippen LogP contribution >= 0.6 is 11.3 Å². The second kappa shape index (κ2) is 5.40. The van der Waals surface area contributed by atoms with Gasteiger partial charge in [0.25, 0.3) is 0 Å². The number of fused-ring (bicyclic) bond motifs is 3. The molecular formula is C14H21NO3S2. The van der Waals surface area contributed by atoms with Crippen molar-refractivity contribution < 1.29 is 13.2 Å². The molecule has 0 radical (unpaired) electrons. The predicted octanol–water partition coefficient (Wildman–Crippen LogP) is 2.74. The molecule has 2 heterocycles. The number of likely N-dealkylation sites (N-methyl/N-ethyl adjacent to an activating group) is 1. The first-order chi connectivity index (χ1) is 9.47. The molecule has 112 valence electrons. The highest BCUT2D eigenvalue weighted by molar-refractivity contribution is 7.88. The lowest BCUT2D eigenvalue weighted by Crippen LogP contribution is -2.38. The van der Waals surface area contributed by atoms with Crippen LogP contribution in [-0.4, -0.2) is 38.7 Å². The van der Waals surface area contributed by atoms with E-state index in [1.54, 1.807) is 18.4 Å². The molecule has 0 bridgehead atoms. The standard InChI is InChI=1S/C14H21NO3S2/c1-15(20(2,16)17)9-13-11-7-8-19-14(11)10-5-3-4-6-12(10)18-13/h7-8,10,12-13H,3-6,9H2,1-2H3/t10-,12-,13+/m1/s1. The van der Waals surface area contributed by atoms with Crippen molar-refractivity contribution in [1.29, 1.82) is 0 Å². The molecule has 6 heteroatoms. The van der Waals surface area contributed by atoms with E-state index < -0.39 is 10.0 Å². The molecule has 2 aliphatic rings. The Morgan fingerprint density at radius 1 is 1.40 bits per heavy atom. The normalized spacial score (nSPS) is 30.1. The van der Waals surface area contributed by atoms with Crippen LogP contribution in [0, 0.1) is 0 Å². The largest absolute Gasteiger partial charge is 0.368 e. The fourth-order valence-electron chi connectivity index (χ4n) is 3.25. The van der Waals surface area contributed by atoms with Crippen LogP contribution < -0.4 is 0 Å². The van der Waals surface area contributed by atoms with Crippen molar-refractivity contribution in [2.75, 3.05) is 19.8 Å². The Hall–Kier alpha value is -0.430. The van der Waals surface area contributed by atoms with E-state index >= 15 is 0 Å². The maximum Gasteiger partial charge on any atom is 0.211 e. The highest BCUT2D eigenvalue weighted by Crippen LogP contribution is 2.47. The Morgan fingerprint density at radius 2 is 2.15 bits per heavy atom. The molecule has 1 aromatic heterocycles. The van der Waals surface area contributed by atoms with Gasteiger partial charge in [-0.2, -0.15) is 0 Å². The van der Waals surface area contributed by atoms with Crippen molar-refractivity contribution in [2.24, 2.45) is 0 Å². The van der Waals surface area contributed by atoms with Crippen LogP contribution in [-0.2, 0) is 14.8 Å². The summed E-state index contributed by atoms with van der Waals surface area (Å²) in [7, 11) is -1.54. The zero-order valence-corrected chi connectivity index (χ0v) is 13.5. The number of hydrogen-bond donors (Lipinski definition) is 0. The molecule has 0 saturated heterocycles. The maximum atomic E-state index is 11.6. The topological polar surface area (TPSA) is 46.6 Å². The summed E-state index contributed by atoms with van der Waals surface area (Å²) in [5.74, 6) is 0.526. The first kappa shape index (κ1) is 14.5. The lowest BCUT2D eigenvalue weighted by atomic mass is 9.81. The molecule has 0 unspecified atom stereocenters. The lowest BCUT2D eigenvalue weighted by Gasteiger charge is -2.40. The molecule has 0 amide bonds. The molecule has 1 saturated carbocycles. The van der Waals surface area contributed by atoms with Crippen LogP contribution in [0.25, 0.3) is 0 Å². The number of nitrogens with zero attached hydrogens (tertiary/aromatic N) is 1. The summed E-state index contributed by atoms with van der Waals surface area (Å²) in [6.07, 6.45) is 6.19.